The van der Waals surface area contributed by atoms with Crippen LogP contribution in [0.1, 0.15) is 24.8 Å². The fourth-order valence-corrected chi connectivity index (χ4v) is 2.98. The van der Waals surface area contributed by atoms with Gasteiger partial charge in [0.15, 0.2) is 0 Å². The number of hydrogen-bond donors (Lipinski definition) is 2. The average Bonchev–Trinajstić information content (AvgIpc) is 3.22. The van der Waals surface area contributed by atoms with E-state index >= 15 is 0 Å². The van der Waals surface area contributed by atoms with Gasteiger partial charge in [-0.25, -0.2) is 9.59 Å². The van der Waals surface area contributed by atoms with Gasteiger partial charge in [-0.05, 0) is 37.4 Å². The van der Waals surface area contributed by atoms with Gasteiger partial charge in [0.1, 0.15) is 12.4 Å². The Kier molecular flexibility index (Phi) is 7.57. The van der Waals surface area contributed by atoms with Crippen LogP contribution < -0.4 is 16.3 Å². The Bertz CT molecular complexity index is 803. The molecule has 0 aliphatic carbocycles. The van der Waals surface area contributed by atoms with Crippen LogP contribution in [0, 0.1) is 0 Å². The molecule has 1 aromatic carbocycles. The number of hydrogen-bond acceptors (Lipinski definition) is 6. The van der Waals surface area contributed by atoms with Crippen molar-refractivity contribution in [2.75, 3.05) is 25.0 Å². The summed E-state index contributed by atoms with van der Waals surface area (Å²) in [6.07, 6.45) is 4.34. The van der Waals surface area contributed by atoms with E-state index in [1.807, 2.05) is 30.3 Å². The summed E-state index contributed by atoms with van der Waals surface area (Å²) in [5, 5.41) is 5.82. The summed E-state index contributed by atoms with van der Waals surface area (Å²) in [4.78, 5) is 27.8. The van der Waals surface area contributed by atoms with Crippen molar-refractivity contribution in [3.63, 3.8) is 0 Å². The molecule has 8 nitrogen and oxygen atoms in total. The number of nitrogens with one attached hydrogen (secondary N) is 2. The quantitative estimate of drug-likeness (QED) is 0.642. The molecule has 0 spiro atoms. The van der Waals surface area contributed by atoms with E-state index in [0.29, 0.717) is 12.6 Å². The Balaban J connectivity index is 1.38. The molecule has 3 rings (SSSR count). The number of carbonyl (C=O) groups is 1. The Labute approximate surface area is 163 Å². The van der Waals surface area contributed by atoms with Crippen LogP contribution in [0.4, 0.5) is 10.6 Å². The van der Waals surface area contributed by atoms with E-state index in [1.54, 1.807) is 12.3 Å². The third-order valence-corrected chi connectivity index (χ3v) is 4.47. The molecular weight excluding hydrogens is 360 g/mol. The summed E-state index contributed by atoms with van der Waals surface area (Å²) >= 11 is 0. The van der Waals surface area contributed by atoms with Crippen LogP contribution in [0.2, 0.25) is 0 Å². The van der Waals surface area contributed by atoms with Gasteiger partial charge in [0.25, 0.3) is 0 Å². The van der Waals surface area contributed by atoms with Crippen molar-refractivity contribution < 1.29 is 14.3 Å². The molecule has 150 valence electrons. The van der Waals surface area contributed by atoms with Crippen molar-refractivity contribution in [3.8, 4) is 0 Å². The summed E-state index contributed by atoms with van der Waals surface area (Å²) in [5.41, 5.74) is 0.481. The zero-order chi connectivity index (χ0) is 19.6. The molecule has 2 aromatic rings. The first-order valence-corrected chi connectivity index (χ1v) is 9.58. The molecule has 8 heteroatoms. The monoisotopic (exact) mass is 386 g/mol. The first-order valence-electron chi connectivity index (χ1n) is 9.58. The van der Waals surface area contributed by atoms with Crippen molar-refractivity contribution in [2.45, 2.75) is 38.5 Å². The summed E-state index contributed by atoms with van der Waals surface area (Å²) in [6.45, 7) is 3.22. The molecule has 1 unspecified atom stereocenters. The van der Waals surface area contributed by atoms with Crippen molar-refractivity contribution in [1.29, 1.82) is 0 Å². The number of ether oxygens (including phenoxy) is 2. The first-order chi connectivity index (χ1) is 13.7. The maximum absolute atomic E-state index is 12.1. The number of anilines is 1. The van der Waals surface area contributed by atoms with Crippen LogP contribution in [0.5, 0.6) is 0 Å². The first kappa shape index (κ1) is 20.0. The molecule has 0 bridgehead atoms. The highest BCUT2D eigenvalue weighted by atomic mass is 16.5. The van der Waals surface area contributed by atoms with Gasteiger partial charge in [-0.1, -0.05) is 30.3 Å². The average molecular weight is 386 g/mol. The summed E-state index contributed by atoms with van der Waals surface area (Å²) in [7, 11) is 0. The molecule has 1 atom stereocenters. The second-order valence-electron chi connectivity index (χ2n) is 6.67. The molecule has 2 heterocycles. The SMILES string of the molecule is O=C(Nc1ccn(CCCNCC2CCCO2)c(=O)n1)OCc1ccccc1. The second-order valence-corrected chi connectivity index (χ2v) is 6.67. The highest BCUT2D eigenvalue weighted by Gasteiger charge is 2.14. The lowest BCUT2D eigenvalue weighted by Crippen LogP contribution is -2.29. The molecule has 1 amide bonds. The topological polar surface area (TPSA) is 94.5 Å². The summed E-state index contributed by atoms with van der Waals surface area (Å²) in [5.74, 6) is 0.177. The summed E-state index contributed by atoms with van der Waals surface area (Å²) < 4.78 is 12.2. The van der Waals surface area contributed by atoms with E-state index in [1.165, 1.54) is 4.57 Å². The maximum atomic E-state index is 12.1. The molecule has 2 N–H and O–H groups in total. The number of aryl methyl sites for hydroxylation is 1. The van der Waals surface area contributed by atoms with E-state index in [9.17, 15) is 9.59 Å². The largest absolute Gasteiger partial charge is 0.444 e. The summed E-state index contributed by atoms with van der Waals surface area (Å²) in [6, 6.07) is 10.9. The Morgan fingerprint density at radius 3 is 2.89 bits per heavy atom. The van der Waals surface area contributed by atoms with Crippen LogP contribution in [-0.4, -0.2) is 41.4 Å². The molecule has 1 saturated heterocycles. The van der Waals surface area contributed by atoms with Crippen LogP contribution >= 0.6 is 0 Å². The molecule has 1 aliphatic heterocycles. The number of nitrogens with zero attached hydrogens (tertiary/aromatic N) is 2. The molecular formula is C20H26N4O4. The van der Waals surface area contributed by atoms with E-state index in [2.05, 4.69) is 15.6 Å². The van der Waals surface area contributed by atoms with Gasteiger partial charge < -0.3 is 14.8 Å². The molecule has 1 fully saturated rings. The van der Waals surface area contributed by atoms with E-state index in [4.69, 9.17) is 9.47 Å². The highest BCUT2D eigenvalue weighted by molar-refractivity contribution is 5.83. The van der Waals surface area contributed by atoms with Gasteiger partial charge >= 0.3 is 11.8 Å². The van der Waals surface area contributed by atoms with Gasteiger partial charge in [0.2, 0.25) is 0 Å². The lowest BCUT2D eigenvalue weighted by atomic mass is 10.2. The minimum absolute atomic E-state index is 0.155. The highest BCUT2D eigenvalue weighted by Crippen LogP contribution is 2.10. The zero-order valence-electron chi connectivity index (χ0n) is 15.8. The van der Waals surface area contributed by atoms with Gasteiger partial charge in [-0.3, -0.25) is 9.88 Å². The fraction of sp³-hybridized carbons (Fsp3) is 0.450. The molecule has 28 heavy (non-hydrogen) atoms. The van der Waals surface area contributed by atoms with E-state index in [-0.39, 0.29) is 12.4 Å². The molecule has 1 aromatic heterocycles. The molecule has 0 saturated carbocycles. The minimum atomic E-state index is -0.646. The van der Waals surface area contributed by atoms with Gasteiger partial charge in [-0.2, -0.15) is 4.98 Å². The number of rotatable bonds is 9. The van der Waals surface area contributed by atoms with Gasteiger partial charge in [-0.15, -0.1) is 0 Å². The predicted molar refractivity (Wildman–Crippen MR) is 105 cm³/mol. The van der Waals surface area contributed by atoms with Crippen molar-refractivity contribution in [1.82, 2.24) is 14.9 Å². The fourth-order valence-electron chi connectivity index (χ4n) is 2.98. The second kappa shape index (κ2) is 10.6. The van der Waals surface area contributed by atoms with Crippen LogP contribution in [0.25, 0.3) is 0 Å². The maximum Gasteiger partial charge on any atom is 0.413 e. The van der Waals surface area contributed by atoms with Gasteiger partial charge in [0, 0.05) is 25.9 Å². The van der Waals surface area contributed by atoms with Gasteiger partial charge in [0.05, 0.1) is 6.10 Å². The molecule has 0 radical (unpaired) electrons. The number of carbonyl (C=O) groups excluding carboxylic acids is 1. The number of benzene rings is 1. The number of aromatic nitrogens is 2. The zero-order valence-corrected chi connectivity index (χ0v) is 15.8. The van der Waals surface area contributed by atoms with Crippen molar-refractivity contribution >= 4 is 11.9 Å². The smallest absolute Gasteiger partial charge is 0.413 e. The lowest BCUT2D eigenvalue weighted by molar-refractivity contribution is 0.110. The van der Waals surface area contributed by atoms with Crippen LogP contribution in [-0.2, 0) is 22.6 Å². The molecule has 1 aliphatic rings. The van der Waals surface area contributed by atoms with Crippen LogP contribution in [0.15, 0.2) is 47.4 Å². The lowest BCUT2D eigenvalue weighted by Gasteiger charge is -2.11. The van der Waals surface area contributed by atoms with E-state index < -0.39 is 11.8 Å². The Morgan fingerprint density at radius 1 is 1.29 bits per heavy atom. The van der Waals surface area contributed by atoms with Crippen LogP contribution in [0.3, 0.4) is 0 Å². The minimum Gasteiger partial charge on any atom is -0.444 e. The Hall–Kier alpha value is -2.71. The van der Waals surface area contributed by atoms with E-state index in [0.717, 1.165) is 44.5 Å². The Morgan fingerprint density at radius 2 is 2.14 bits per heavy atom. The normalized spacial score (nSPS) is 16.1. The third-order valence-electron chi connectivity index (χ3n) is 4.47. The van der Waals surface area contributed by atoms with Crippen molar-refractivity contribution in [2.24, 2.45) is 0 Å². The third kappa shape index (κ3) is 6.47. The van der Waals surface area contributed by atoms with Crippen molar-refractivity contribution in [3.05, 3.63) is 58.6 Å². The number of amides is 1. The predicted octanol–water partition coefficient (Wildman–Crippen LogP) is 2.15. The standard InChI is InChI=1S/C20H26N4O4/c25-19-22-18(23-20(26)28-15-16-6-2-1-3-7-16)9-12-24(19)11-5-10-21-14-17-8-4-13-27-17/h1-3,6-7,9,12,17,21H,4-5,8,10-11,13-15H2,(H,22,23,25,26).